The van der Waals surface area contributed by atoms with E-state index in [1.807, 2.05) is 0 Å². The summed E-state index contributed by atoms with van der Waals surface area (Å²) in [6.07, 6.45) is -3.77. The van der Waals surface area contributed by atoms with Crippen LogP contribution >= 0.6 is 0 Å². The highest BCUT2D eigenvalue weighted by Crippen LogP contribution is 2.48. The van der Waals surface area contributed by atoms with Gasteiger partial charge in [-0.15, -0.1) is 5.10 Å². The number of alkyl halides is 5. The predicted octanol–water partition coefficient (Wildman–Crippen LogP) is 4.10. The quantitative estimate of drug-likeness (QED) is 0.267. The molecule has 0 aliphatic heterocycles. The molecule has 2 aromatic heterocycles. The van der Waals surface area contributed by atoms with Crippen molar-refractivity contribution in [1.29, 1.82) is 0 Å². The second-order valence-corrected chi connectivity index (χ2v) is 8.85. The Morgan fingerprint density at radius 2 is 1.68 bits per heavy atom. The van der Waals surface area contributed by atoms with E-state index >= 15 is 13.2 Å². The fraction of sp³-hybridized carbons (Fsp3) is 0.240. The van der Waals surface area contributed by atoms with Gasteiger partial charge >= 0.3 is 18.2 Å². The van der Waals surface area contributed by atoms with Gasteiger partial charge in [0.05, 0.1) is 0 Å². The molecule has 2 heterocycles. The van der Waals surface area contributed by atoms with Crippen molar-refractivity contribution in [2.24, 2.45) is 5.73 Å². The molecule has 0 amide bonds. The van der Waals surface area contributed by atoms with Gasteiger partial charge in [-0.3, -0.25) is 9.78 Å². The Hall–Kier alpha value is -4.60. The van der Waals surface area contributed by atoms with Crippen LogP contribution in [-0.4, -0.2) is 55.1 Å². The number of nitrogens with two attached hydrogens (primary N) is 1. The first-order chi connectivity index (χ1) is 19.2. The number of hydrogen-bond acceptors (Lipinski definition) is 7. The van der Waals surface area contributed by atoms with Gasteiger partial charge in [-0.05, 0) is 40.3 Å². The number of rotatable bonds is 10. The number of carboxylic acids is 1. The molecule has 0 spiro atoms. The van der Waals surface area contributed by atoms with E-state index in [9.17, 15) is 27.5 Å². The Morgan fingerprint density at radius 3 is 2.22 bits per heavy atom. The first kappa shape index (κ1) is 29.4. The third kappa shape index (κ3) is 5.96. The fourth-order valence-electron chi connectivity index (χ4n) is 4.28. The number of halogens is 7. The summed E-state index contributed by atoms with van der Waals surface area (Å²) in [4.78, 5) is 16.2. The van der Waals surface area contributed by atoms with Crippen LogP contribution in [0.2, 0.25) is 0 Å². The van der Waals surface area contributed by atoms with Gasteiger partial charge in [-0.2, -0.15) is 26.6 Å². The lowest BCUT2D eigenvalue weighted by Crippen LogP contribution is -2.63. The molecule has 4 aromatic rings. The Labute approximate surface area is 226 Å². The predicted molar refractivity (Wildman–Crippen MR) is 127 cm³/mol. The van der Waals surface area contributed by atoms with Crippen molar-refractivity contribution in [2.75, 3.05) is 6.61 Å². The molecule has 16 heteroatoms. The lowest BCUT2D eigenvalue weighted by Gasteiger charge is -2.42. The molecule has 41 heavy (non-hydrogen) atoms. The average Bonchev–Trinajstić information content (AvgIpc) is 3.47. The minimum atomic E-state index is -4.52. The summed E-state index contributed by atoms with van der Waals surface area (Å²) in [7, 11) is 0. The zero-order valence-electron chi connectivity index (χ0n) is 20.6. The number of benzene rings is 2. The van der Waals surface area contributed by atoms with Crippen molar-refractivity contribution in [3.63, 3.8) is 0 Å². The summed E-state index contributed by atoms with van der Waals surface area (Å²) in [5.41, 5.74) is 2.50. The largest absolute Gasteiger partial charge is 0.484 e. The molecule has 9 nitrogen and oxygen atoms in total. The normalized spacial score (nSPS) is 14.3. The van der Waals surface area contributed by atoms with Gasteiger partial charge in [0.25, 0.3) is 0 Å². The monoisotopic (exact) mass is 584 g/mol. The lowest BCUT2D eigenvalue weighted by atomic mass is 9.68. The van der Waals surface area contributed by atoms with Crippen molar-refractivity contribution < 1.29 is 45.4 Å². The average molecular weight is 584 g/mol. The van der Waals surface area contributed by atoms with E-state index in [0.717, 1.165) is 0 Å². The van der Waals surface area contributed by atoms with E-state index in [4.69, 9.17) is 5.73 Å². The van der Waals surface area contributed by atoms with Gasteiger partial charge < -0.3 is 15.6 Å². The second kappa shape index (κ2) is 11.1. The highest BCUT2D eigenvalue weighted by Gasteiger charge is 2.64. The number of carbonyl (C=O) groups is 1. The second-order valence-electron chi connectivity index (χ2n) is 8.85. The molecule has 216 valence electrons. The van der Waals surface area contributed by atoms with Gasteiger partial charge in [-0.1, -0.05) is 24.3 Å². The smallest absolute Gasteiger partial charge is 0.422 e. The van der Waals surface area contributed by atoms with E-state index in [-0.39, 0.29) is 16.1 Å². The van der Waals surface area contributed by atoms with Crippen molar-refractivity contribution in [2.45, 2.75) is 30.1 Å². The van der Waals surface area contributed by atoms with Crippen LogP contribution in [0.25, 0.3) is 11.1 Å². The summed E-state index contributed by atoms with van der Waals surface area (Å²) in [5.74, 6) is -4.56. The third-order valence-electron chi connectivity index (χ3n) is 6.26. The number of aromatic nitrogens is 5. The molecular formula is C25H19F7N6O3. The van der Waals surface area contributed by atoms with Crippen molar-refractivity contribution in [1.82, 2.24) is 25.2 Å². The first-order valence-corrected chi connectivity index (χ1v) is 11.5. The molecule has 2 unspecified atom stereocenters. The van der Waals surface area contributed by atoms with E-state index < -0.39 is 59.9 Å². The standard InChI is InChI=1S/C25H19F7N6O3/c26-16-4-8-19(20(27)9-16)23(21(33)22(39)40,25(31,32)38-13-35-36-37-38)10-17-5-1-15(11-34-17)14-2-6-18(7-3-14)41-12-24(28,29)30/h1-9,11,13,21H,10,12,33H2,(H,39,40). The molecule has 0 saturated carbocycles. The maximum absolute atomic E-state index is 16.2. The SMILES string of the molecule is NC(C(=O)O)C(Cc1ccc(-c2ccc(OCC(F)(F)F)cc2)cn1)(c1ccc(F)cc1F)C(F)(F)n1cnnn1. The fourth-order valence-corrected chi connectivity index (χ4v) is 4.28. The summed E-state index contributed by atoms with van der Waals surface area (Å²) in [6, 6.07) is 2.91. The molecule has 4 rings (SSSR count). The van der Waals surface area contributed by atoms with Crippen LogP contribution in [0.4, 0.5) is 30.7 Å². The molecule has 0 bridgehead atoms. The van der Waals surface area contributed by atoms with Crippen LogP contribution in [-0.2, 0) is 22.7 Å². The number of tetrazole rings is 1. The molecule has 0 radical (unpaired) electrons. The van der Waals surface area contributed by atoms with Gasteiger partial charge in [0.15, 0.2) is 6.61 Å². The molecule has 0 fully saturated rings. The Morgan fingerprint density at radius 1 is 1.00 bits per heavy atom. The molecular weight excluding hydrogens is 565 g/mol. The number of carboxylic acid groups (broad SMARTS) is 1. The summed E-state index contributed by atoms with van der Waals surface area (Å²) in [5, 5.41) is 19.2. The van der Waals surface area contributed by atoms with E-state index in [1.54, 1.807) is 0 Å². The minimum Gasteiger partial charge on any atom is -0.484 e. The summed E-state index contributed by atoms with van der Waals surface area (Å²) in [6.45, 7) is -1.48. The van der Waals surface area contributed by atoms with Gasteiger partial charge in [0.1, 0.15) is 35.2 Å². The zero-order valence-corrected chi connectivity index (χ0v) is 20.6. The molecule has 3 N–H and O–H groups in total. The maximum atomic E-state index is 16.2. The summed E-state index contributed by atoms with van der Waals surface area (Å²) < 4.78 is 103. The van der Waals surface area contributed by atoms with Crippen molar-refractivity contribution in [3.05, 3.63) is 90.0 Å². The van der Waals surface area contributed by atoms with Crippen LogP contribution in [0.5, 0.6) is 5.75 Å². The van der Waals surface area contributed by atoms with Crippen LogP contribution in [0.3, 0.4) is 0 Å². The Kier molecular flexibility index (Phi) is 7.96. The molecule has 2 atom stereocenters. The van der Waals surface area contributed by atoms with E-state index in [2.05, 4.69) is 25.2 Å². The van der Waals surface area contributed by atoms with Crippen molar-refractivity contribution in [3.8, 4) is 16.9 Å². The van der Waals surface area contributed by atoms with E-state index in [1.165, 1.54) is 42.6 Å². The molecule has 0 aliphatic carbocycles. The third-order valence-corrected chi connectivity index (χ3v) is 6.26. The van der Waals surface area contributed by atoms with E-state index in [0.29, 0.717) is 35.7 Å². The zero-order chi connectivity index (χ0) is 30.0. The Balaban J connectivity index is 1.75. The van der Waals surface area contributed by atoms with Crippen LogP contribution in [0, 0.1) is 11.6 Å². The highest BCUT2D eigenvalue weighted by atomic mass is 19.4. The van der Waals surface area contributed by atoms with Gasteiger partial charge in [-0.25, -0.2) is 8.78 Å². The van der Waals surface area contributed by atoms with Crippen LogP contribution in [0.15, 0.2) is 67.1 Å². The lowest BCUT2D eigenvalue weighted by molar-refractivity contribution is -0.182. The number of pyridine rings is 1. The summed E-state index contributed by atoms with van der Waals surface area (Å²) >= 11 is 0. The number of hydrogen-bond donors (Lipinski definition) is 2. The number of nitrogens with zero attached hydrogens (tertiary/aromatic N) is 5. The molecule has 0 saturated heterocycles. The molecule has 0 aliphatic rings. The van der Waals surface area contributed by atoms with Crippen molar-refractivity contribution >= 4 is 5.97 Å². The van der Waals surface area contributed by atoms with Gasteiger partial charge in [0.2, 0.25) is 0 Å². The number of aliphatic carboxylic acids is 1. The van der Waals surface area contributed by atoms with Crippen LogP contribution < -0.4 is 10.5 Å². The van der Waals surface area contributed by atoms with Crippen LogP contribution in [0.1, 0.15) is 11.3 Å². The number of ether oxygens (including phenoxy) is 1. The minimum absolute atomic E-state index is 0.0470. The van der Waals surface area contributed by atoms with Gasteiger partial charge in [0, 0.05) is 35.5 Å². The molecule has 2 aromatic carbocycles. The first-order valence-electron chi connectivity index (χ1n) is 11.5. The highest BCUT2D eigenvalue weighted by molar-refractivity contribution is 5.76. The Bertz CT molecular complexity index is 1500. The topological polar surface area (TPSA) is 129 Å². The maximum Gasteiger partial charge on any atom is 0.422 e.